The standard InChI is InChI=1S/C14H22N2O/c1-2-14(15,16-8-10-17-11-9-16)12-13-6-4-3-5-7-13/h3-7H,2,8-12,15H2,1H3. The fraction of sp³-hybridized carbons (Fsp3) is 0.571. The first-order valence-electron chi connectivity index (χ1n) is 6.40. The normalized spacial score (nSPS) is 21.1. The van der Waals surface area contributed by atoms with Crippen LogP contribution in [0, 0.1) is 0 Å². The average molecular weight is 234 g/mol. The SMILES string of the molecule is CCC(N)(Cc1ccccc1)N1CCOCC1. The first-order chi connectivity index (χ1) is 8.24. The largest absolute Gasteiger partial charge is 0.379 e. The number of rotatable bonds is 4. The van der Waals surface area contributed by atoms with Crippen molar-refractivity contribution in [2.75, 3.05) is 26.3 Å². The van der Waals surface area contributed by atoms with Gasteiger partial charge in [-0.25, -0.2) is 0 Å². The lowest BCUT2D eigenvalue weighted by Gasteiger charge is -2.42. The van der Waals surface area contributed by atoms with Crippen molar-refractivity contribution >= 4 is 0 Å². The predicted octanol–water partition coefficient (Wildman–Crippen LogP) is 1.63. The molecule has 0 bridgehead atoms. The van der Waals surface area contributed by atoms with Gasteiger partial charge >= 0.3 is 0 Å². The summed E-state index contributed by atoms with van der Waals surface area (Å²) in [6.45, 7) is 5.65. The number of hydrogen-bond acceptors (Lipinski definition) is 3. The fourth-order valence-corrected chi connectivity index (χ4v) is 2.42. The molecule has 2 N–H and O–H groups in total. The topological polar surface area (TPSA) is 38.5 Å². The highest BCUT2D eigenvalue weighted by Crippen LogP contribution is 2.20. The van der Waals surface area contributed by atoms with E-state index in [1.165, 1.54) is 5.56 Å². The molecule has 0 aliphatic carbocycles. The number of nitrogens with zero attached hydrogens (tertiary/aromatic N) is 1. The minimum absolute atomic E-state index is 0.231. The van der Waals surface area contributed by atoms with E-state index >= 15 is 0 Å². The van der Waals surface area contributed by atoms with E-state index in [0.29, 0.717) is 0 Å². The van der Waals surface area contributed by atoms with E-state index in [1.54, 1.807) is 0 Å². The maximum absolute atomic E-state index is 6.57. The molecule has 0 saturated carbocycles. The van der Waals surface area contributed by atoms with Gasteiger partial charge in [0, 0.05) is 19.5 Å². The number of nitrogens with two attached hydrogens (primary N) is 1. The molecule has 1 heterocycles. The summed E-state index contributed by atoms with van der Waals surface area (Å²) in [6.07, 6.45) is 1.87. The minimum atomic E-state index is -0.231. The zero-order valence-electron chi connectivity index (χ0n) is 10.6. The molecular formula is C14H22N2O. The number of benzene rings is 1. The lowest BCUT2D eigenvalue weighted by Crippen LogP contribution is -2.60. The summed E-state index contributed by atoms with van der Waals surface area (Å²) < 4.78 is 5.39. The summed E-state index contributed by atoms with van der Waals surface area (Å²) in [5.74, 6) is 0. The van der Waals surface area contributed by atoms with Gasteiger partial charge in [0.1, 0.15) is 0 Å². The second-order valence-corrected chi connectivity index (χ2v) is 4.72. The number of morpholine rings is 1. The molecular weight excluding hydrogens is 212 g/mol. The smallest absolute Gasteiger partial charge is 0.0727 e. The van der Waals surface area contributed by atoms with Crippen molar-refractivity contribution in [2.45, 2.75) is 25.4 Å². The van der Waals surface area contributed by atoms with E-state index in [9.17, 15) is 0 Å². The van der Waals surface area contributed by atoms with Crippen molar-refractivity contribution in [3.05, 3.63) is 35.9 Å². The number of hydrogen-bond donors (Lipinski definition) is 1. The Balaban J connectivity index is 2.07. The van der Waals surface area contributed by atoms with Crippen LogP contribution in [0.25, 0.3) is 0 Å². The van der Waals surface area contributed by atoms with Gasteiger partial charge in [-0.1, -0.05) is 37.3 Å². The molecule has 94 valence electrons. The van der Waals surface area contributed by atoms with E-state index in [-0.39, 0.29) is 5.66 Å². The quantitative estimate of drug-likeness (QED) is 0.860. The van der Waals surface area contributed by atoms with Gasteiger partial charge in [0.05, 0.1) is 18.9 Å². The van der Waals surface area contributed by atoms with Gasteiger partial charge in [-0.15, -0.1) is 0 Å². The van der Waals surface area contributed by atoms with Crippen molar-refractivity contribution in [1.82, 2.24) is 4.90 Å². The van der Waals surface area contributed by atoms with Crippen LogP contribution in [0.15, 0.2) is 30.3 Å². The Kier molecular flexibility index (Phi) is 4.15. The van der Waals surface area contributed by atoms with Crippen LogP contribution in [0.3, 0.4) is 0 Å². The Morgan fingerprint density at radius 2 is 1.88 bits per heavy atom. The Morgan fingerprint density at radius 3 is 2.47 bits per heavy atom. The lowest BCUT2D eigenvalue weighted by atomic mass is 9.95. The van der Waals surface area contributed by atoms with Crippen molar-refractivity contribution in [1.29, 1.82) is 0 Å². The molecule has 1 unspecified atom stereocenters. The Labute approximate surface area is 104 Å². The van der Waals surface area contributed by atoms with E-state index in [4.69, 9.17) is 10.5 Å². The molecule has 3 heteroatoms. The summed E-state index contributed by atoms with van der Waals surface area (Å²) in [4.78, 5) is 2.36. The van der Waals surface area contributed by atoms with Crippen molar-refractivity contribution in [3.8, 4) is 0 Å². The molecule has 1 aliphatic heterocycles. The Bertz CT molecular complexity index is 335. The maximum atomic E-state index is 6.57. The van der Waals surface area contributed by atoms with Gasteiger partial charge < -0.3 is 10.5 Å². The molecule has 0 aromatic heterocycles. The van der Waals surface area contributed by atoms with Crippen LogP contribution in [0.2, 0.25) is 0 Å². The molecule has 1 saturated heterocycles. The van der Waals surface area contributed by atoms with Crippen LogP contribution in [0.4, 0.5) is 0 Å². The highest BCUT2D eigenvalue weighted by atomic mass is 16.5. The number of ether oxygens (including phenoxy) is 1. The zero-order valence-corrected chi connectivity index (χ0v) is 10.6. The summed E-state index contributed by atoms with van der Waals surface area (Å²) in [5, 5.41) is 0. The van der Waals surface area contributed by atoms with E-state index < -0.39 is 0 Å². The van der Waals surface area contributed by atoms with Gasteiger partial charge in [-0.3, -0.25) is 4.90 Å². The lowest BCUT2D eigenvalue weighted by molar-refractivity contribution is -0.0225. The molecule has 1 aromatic carbocycles. The third kappa shape index (κ3) is 3.06. The summed E-state index contributed by atoms with van der Waals surface area (Å²) >= 11 is 0. The first kappa shape index (κ1) is 12.6. The Morgan fingerprint density at radius 1 is 1.24 bits per heavy atom. The molecule has 1 fully saturated rings. The molecule has 17 heavy (non-hydrogen) atoms. The second kappa shape index (κ2) is 5.63. The summed E-state index contributed by atoms with van der Waals surface area (Å²) in [6, 6.07) is 10.5. The van der Waals surface area contributed by atoms with Crippen molar-refractivity contribution in [2.24, 2.45) is 5.73 Å². The zero-order chi connectivity index (χ0) is 12.1. The Hall–Kier alpha value is -0.900. The van der Waals surface area contributed by atoms with Crippen LogP contribution in [-0.4, -0.2) is 36.9 Å². The van der Waals surface area contributed by atoms with E-state index in [1.807, 2.05) is 6.07 Å². The average Bonchev–Trinajstić information content (AvgIpc) is 2.41. The minimum Gasteiger partial charge on any atom is -0.379 e. The molecule has 0 spiro atoms. The third-order valence-electron chi connectivity index (χ3n) is 3.61. The predicted molar refractivity (Wildman–Crippen MR) is 69.7 cm³/mol. The monoisotopic (exact) mass is 234 g/mol. The van der Waals surface area contributed by atoms with Gasteiger partial charge in [-0.05, 0) is 12.0 Å². The van der Waals surface area contributed by atoms with Crippen LogP contribution in [0.1, 0.15) is 18.9 Å². The molecule has 0 amide bonds. The van der Waals surface area contributed by atoms with Gasteiger partial charge in [0.25, 0.3) is 0 Å². The fourth-order valence-electron chi connectivity index (χ4n) is 2.42. The third-order valence-corrected chi connectivity index (χ3v) is 3.61. The van der Waals surface area contributed by atoms with Crippen molar-refractivity contribution < 1.29 is 4.74 Å². The van der Waals surface area contributed by atoms with Gasteiger partial charge in [0.15, 0.2) is 0 Å². The van der Waals surface area contributed by atoms with Crippen LogP contribution >= 0.6 is 0 Å². The van der Waals surface area contributed by atoms with Gasteiger partial charge in [-0.2, -0.15) is 0 Å². The molecule has 3 nitrogen and oxygen atoms in total. The molecule has 1 aliphatic rings. The molecule has 1 aromatic rings. The van der Waals surface area contributed by atoms with E-state index in [0.717, 1.165) is 39.1 Å². The second-order valence-electron chi connectivity index (χ2n) is 4.72. The van der Waals surface area contributed by atoms with Crippen LogP contribution in [-0.2, 0) is 11.2 Å². The van der Waals surface area contributed by atoms with Gasteiger partial charge in [0.2, 0.25) is 0 Å². The highest BCUT2D eigenvalue weighted by molar-refractivity contribution is 5.17. The summed E-state index contributed by atoms with van der Waals surface area (Å²) in [7, 11) is 0. The highest BCUT2D eigenvalue weighted by Gasteiger charge is 2.31. The van der Waals surface area contributed by atoms with Crippen molar-refractivity contribution in [3.63, 3.8) is 0 Å². The van der Waals surface area contributed by atoms with E-state index in [2.05, 4.69) is 36.1 Å². The maximum Gasteiger partial charge on any atom is 0.0727 e. The molecule has 1 atom stereocenters. The van der Waals surface area contributed by atoms with Crippen LogP contribution in [0.5, 0.6) is 0 Å². The summed E-state index contributed by atoms with van der Waals surface area (Å²) in [5.41, 5.74) is 7.65. The van der Waals surface area contributed by atoms with Crippen LogP contribution < -0.4 is 5.73 Å². The first-order valence-corrected chi connectivity index (χ1v) is 6.40. The molecule has 0 radical (unpaired) electrons. The molecule has 2 rings (SSSR count).